The van der Waals surface area contributed by atoms with E-state index in [1.54, 1.807) is 38.5 Å². The lowest BCUT2D eigenvalue weighted by Gasteiger charge is -2.38. The van der Waals surface area contributed by atoms with Crippen LogP contribution in [-0.2, 0) is 10.5 Å². The van der Waals surface area contributed by atoms with E-state index in [0.717, 1.165) is 5.56 Å². The number of hydrogen-bond donors (Lipinski definition) is 1. The fourth-order valence-electron chi connectivity index (χ4n) is 3.93. The highest BCUT2D eigenvalue weighted by atomic mass is 32.2. The summed E-state index contributed by atoms with van der Waals surface area (Å²) < 4.78 is 10.7. The maximum absolute atomic E-state index is 13.2. The Morgan fingerprint density at radius 3 is 2.72 bits per heavy atom. The summed E-state index contributed by atoms with van der Waals surface area (Å²) in [6, 6.07) is 16.7. The molecule has 1 fully saturated rings. The quantitative estimate of drug-likeness (QED) is 0.835. The molecular weight excluding hydrogens is 388 g/mol. The number of para-hydroxylation sites is 1. The second-order valence-electron chi connectivity index (χ2n) is 6.90. The third-order valence-corrected chi connectivity index (χ3v) is 6.58. The fourth-order valence-corrected chi connectivity index (χ4v) is 5.29. The fraction of sp³-hybridized carbons (Fsp3) is 0.273. The summed E-state index contributed by atoms with van der Waals surface area (Å²) in [7, 11) is 3.12. The standard InChI is InChI=1S/C22H20N2O4S/c1-27-15-7-5-6-14(10-15)22(26)13-29-21-18(12-23)17(11-20(25)24(21)22)16-8-3-4-9-19(16)28-2/h3-10,17,26H,11,13H2,1-2H3/t17-,22-/m1/s1. The Morgan fingerprint density at radius 2 is 2.00 bits per heavy atom. The number of methoxy groups -OCH3 is 2. The van der Waals surface area contributed by atoms with Gasteiger partial charge in [0.05, 0.1) is 36.6 Å². The first kappa shape index (κ1) is 19.4. The number of hydrogen-bond acceptors (Lipinski definition) is 6. The molecule has 0 spiro atoms. The molecule has 7 heteroatoms. The molecule has 0 saturated carbocycles. The Bertz CT molecular complexity index is 1050. The van der Waals surface area contributed by atoms with E-state index in [9.17, 15) is 15.2 Å². The van der Waals surface area contributed by atoms with Gasteiger partial charge in [-0.15, -0.1) is 11.8 Å². The molecule has 2 aliphatic rings. The van der Waals surface area contributed by atoms with E-state index in [0.29, 0.717) is 27.7 Å². The summed E-state index contributed by atoms with van der Waals surface area (Å²) in [5.41, 5.74) is 0.294. The Kier molecular flexibility index (Phi) is 4.99. The zero-order chi connectivity index (χ0) is 20.6. The molecule has 1 N–H and O–H groups in total. The van der Waals surface area contributed by atoms with Gasteiger partial charge in [-0.05, 0) is 18.2 Å². The highest BCUT2D eigenvalue weighted by molar-refractivity contribution is 8.03. The van der Waals surface area contributed by atoms with Gasteiger partial charge in [0.2, 0.25) is 5.91 Å². The molecule has 2 atom stereocenters. The maximum atomic E-state index is 13.2. The molecule has 0 unspecified atom stereocenters. The van der Waals surface area contributed by atoms with Crippen molar-refractivity contribution in [3.05, 3.63) is 70.3 Å². The van der Waals surface area contributed by atoms with Gasteiger partial charge in [0.15, 0.2) is 5.72 Å². The molecule has 0 bridgehead atoms. The van der Waals surface area contributed by atoms with E-state index in [1.165, 1.54) is 16.7 Å². The van der Waals surface area contributed by atoms with Crippen molar-refractivity contribution >= 4 is 17.7 Å². The number of allylic oxidation sites excluding steroid dienone is 1. The first-order valence-electron chi connectivity index (χ1n) is 9.13. The lowest BCUT2D eigenvalue weighted by atomic mass is 9.85. The topological polar surface area (TPSA) is 82.8 Å². The van der Waals surface area contributed by atoms with Crippen LogP contribution in [0.4, 0.5) is 0 Å². The molecule has 0 aromatic heterocycles. The van der Waals surface area contributed by atoms with Gasteiger partial charge in [0.1, 0.15) is 11.5 Å². The van der Waals surface area contributed by atoms with E-state index in [2.05, 4.69) is 6.07 Å². The molecule has 4 rings (SSSR count). The number of rotatable bonds is 4. The third kappa shape index (κ3) is 3.05. The Labute approximate surface area is 173 Å². The van der Waals surface area contributed by atoms with Gasteiger partial charge in [-0.3, -0.25) is 9.69 Å². The summed E-state index contributed by atoms with van der Waals surface area (Å²) in [4.78, 5) is 14.6. The number of nitriles is 1. The van der Waals surface area contributed by atoms with Crippen LogP contribution in [0, 0.1) is 11.3 Å². The Morgan fingerprint density at radius 1 is 1.21 bits per heavy atom. The molecule has 2 aliphatic heterocycles. The molecule has 29 heavy (non-hydrogen) atoms. The second kappa shape index (κ2) is 7.47. The van der Waals surface area contributed by atoms with E-state index < -0.39 is 11.6 Å². The first-order chi connectivity index (χ1) is 14.0. The van der Waals surface area contributed by atoms with Crippen molar-refractivity contribution in [2.24, 2.45) is 0 Å². The van der Waals surface area contributed by atoms with Gasteiger partial charge in [-0.2, -0.15) is 5.26 Å². The molecular formula is C22H20N2O4S. The molecule has 2 aromatic rings. The van der Waals surface area contributed by atoms with Crippen molar-refractivity contribution in [2.45, 2.75) is 18.1 Å². The van der Waals surface area contributed by atoms with Gasteiger partial charge < -0.3 is 14.6 Å². The van der Waals surface area contributed by atoms with Crippen molar-refractivity contribution in [2.75, 3.05) is 20.0 Å². The van der Waals surface area contributed by atoms with Crippen LogP contribution in [-0.4, -0.2) is 35.9 Å². The SMILES string of the molecule is COc1cccc([C@]2(O)CSC3=C(C#N)[C@@H](c4ccccc4OC)CC(=O)N32)c1. The van der Waals surface area contributed by atoms with Crippen LogP contribution in [0.15, 0.2) is 59.1 Å². The highest BCUT2D eigenvalue weighted by Crippen LogP contribution is 2.52. The number of carbonyl (C=O) groups excluding carboxylic acids is 1. The summed E-state index contributed by atoms with van der Waals surface area (Å²) in [5.74, 6) is 0.832. The molecule has 148 valence electrons. The molecule has 1 amide bonds. The molecule has 1 saturated heterocycles. The van der Waals surface area contributed by atoms with E-state index in [1.807, 2.05) is 24.3 Å². The normalized spacial score (nSPS) is 23.6. The Balaban J connectivity index is 1.82. The molecule has 0 aliphatic carbocycles. The van der Waals surface area contributed by atoms with Gasteiger partial charge >= 0.3 is 0 Å². The number of amides is 1. The number of thioether (sulfide) groups is 1. The van der Waals surface area contributed by atoms with Crippen LogP contribution in [0.2, 0.25) is 0 Å². The average molecular weight is 408 g/mol. The number of aliphatic hydroxyl groups is 1. The minimum Gasteiger partial charge on any atom is -0.497 e. The second-order valence-corrected chi connectivity index (χ2v) is 7.86. The van der Waals surface area contributed by atoms with E-state index >= 15 is 0 Å². The van der Waals surface area contributed by atoms with Gasteiger partial charge in [0.25, 0.3) is 0 Å². The van der Waals surface area contributed by atoms with Crippen LogP contribution in [0.1, 0.15) is 23.5 Å². The number of fused-ring (bicyclic) bond motifs is 1. The molecule has 2 heterocycles. The number of ether oxygens (including phenoxy) is 2. The van der Waals surface area contributed by atoms with Crippen molar-refractivity contribution in [1.29, 1.82) is 5.26 Å². The van der Waals surface area contributed by atoms with Crippen LogP contribution in [0.3, 0.4) is 0 Å². The van der Waals surface area contributed by atoms with Crippen molar-refractivity contribution in [3.63, 3.8) is 0 Å². The largest absolute Gasteiger partial charge is 0.497 e. The predicted molar refractivity (Wildman–Crippen MR) is 109 cm³/mol. The van der Waals surface area contributed by atoms with Crippen molar-refractivity contribution < 1.29 is 19.4 Å². The van der Waals surface area contributed by atoms with E-state index in [-0.39, 0.29) is 18.1 Å². The summed E-state index contributed by atoms with van der Waals surface area (Å²) >= 11 is 1.32. The molecule has 6 nitrogen and oxygen atoms in total. The third-order valence-electron chi connectivity index (χ3n) is 5.36. The van der Waals surface area contributed by atoms with E-state index in [4.69, 9.17) is 9.47 Å². The van der Waals surface area contributed by atoms with Gasteiger partial charge in [-0.1, -0.05) is 30.3 Å². The summed E-state index contributed by atoms with van der Waals surface area (Å²) in [6.45, 7) is 0. The van der Waals surface area contributed by atoms with Gasteiger partial charge in [-0.25, -0.2) is 0 Å². The smallest absolute Gasteiger partial charge is 0.231 e. The predicted octanol–water partition coefficient (Wildman–Crippen LogP) is 3.35. The monoisotopic (exact) mass is 408 g/mol. The van der Waals surface area contributed by atoms with Gasteiger partial charge in [0, 0.05) is 23.5 Å². The lowest BCUT2D eigenvalue weighted by Crippen LogP contribution is -2.48. The van der Waals surface area contributed by atoms with Crippen LogP contribution < -0.4 is 9.47 Å². The van der Waals surface area contributed by atoms with Crippen LogP contribution >= 0.6 is 11.8 Å². The molecule has 2 aromatic carbocycles. The summed E-state index contributed by atoms with van der Waals surface area (Å²) in [5, 5.41) is 21.9. The van der Waals surface area contributed by atoms with Crippen LogP contribution in [0.25, 0.3) is 0 Å². The summed E-state index contributed by atoms with van der Waals surface area (Å²) in [6.07, 6.45) is 0.0829. The Hall–Kier alpha value is -2.95. The lowest BCUT2D eigenvalue weighted by molar-refractivity contribution is -0.149. The minimum atomic E-state index is -1.53. The first-order valence-corrected chi connectivity index (χ1v) is 10.1. The number of carbonyl (C=O) groups is 1. The molecule has 0 radical (unpaired) electrons. The van der Waals surface area contributed by atoms with Crippen LogP contribution in [0.5, 0.6) is 11.5 Å². The van der Waals surface area contributed by atoms with Crippen molar-refractivity contribution in [3.8, 4) is 17.6 Å². The average Bonchev–Trinajstić information content (AvgIpc) is 3.13. The zero-order valence-corrected chi connectivity index (χ0v) is 16.9. The zero-order valence-electron chi connectivity index (χ0n) is 16.1. The number of benzene rings is 2. The maximum Gasteiger partial charge on any atom is 0.231 e. The minimum absolute atomic E-state index is 0.0829. The highest BCUT2D eigenvalue weighted by Gasteiger charge is 2.52. The number of nitrogens with zero attached hydrogens (tertiary/aromatic N) is 2. The van der Waals surface area contributed by atoms with Crippen molar-refractivity contribution in [1.82, 2.24) is 4.90 Å².